The summed E-state index contributed by atoms with van der Waals surface area (Å²) in [7, 11) is 3.16. The van der Waals surface area contributed by atoms with Crippen LogP contribution in [-0.4, -0.2) is 24.5 Å². The number of aromatic hydroxyl groups is 1. The average Bonchev–Trinajstić information content (AvgIpc) is 3.06. The fraction of sp³-hybridized carbons (Fsp3) is 0.211. The van der Waals surface area contributed by atoms with Gasteiger partial charge in [-0.25, -0.2) is 0 Å². The van der Waals surface area contributed by atoms with Gasteiger partial charge in [0.25, 0.3) is 0 Å². The highest BCUT2D eigenvalue weighted by Gasteiger charge is 2.16. The van der Waals surface area contributed by atoms with Gasteiger partial charge in [0.2, 0.25) is 0 Å². The average molecular weight is 325 g/mol. The molecule has 5 nitrogen and oxygen atoms in total. The Labute approximate surface area is 140 Å². The van der Waals surface area contributed by atoms with Crippen LogP contribution >= 0.6 is 0 Å². The summed E-state index contributed by atoms with van der Waals surface area (Å²) in [6, 6.07) is 9.16. The third-order valence-electron chi connectivity index (χ3n) is 4.16. The van der Waals surface area contributed by atoms with E-state index in [4.69, 9.17) is 14.0 Å². The van der Waals surface area contributed by atoms with Crippen LogP contribution < -0.4 is 9.47 Å². The Morgan fingerprint density at radius 3 is 2.38 bits per heavy atom. The summed E-state index contributed by atoms with van der Waals surface area (Å²) in [5.74, 6) is 1.91. The Morgan fingerprint density at radius 2 is 1.71 bits per heavy atom. The normalized spacial score (nSPS) is 10.7. The topological polar surface area (TPSA) is 64.7 Å². The van der Waals surface area contributed by atoms with Crippen LogP contribution in [0.1, 0.15) is 11.1 Å². The van der Waals surface area contributed by atoms with Crippen molar-refractivity contribution in [3.05, 3.63) is 47.7 Å². The molecular formula is C19H19NO4. The highest BCUT2D eigenvalue weighted by atomic mass is 16.5. The standard InChI is InChI=1S/C19H19NO4/c1-11-7-14(9-18(23-4)12(11)2)19-15(10-20-24-19)13-5-6-17(22-3)16(21)8-13/h5-10,21H,1-4H3. The smallest absolute Gasteiger partial charge is 0.174 e. The number of benzene rings is 2. The Morgan fingerprint density at radius 1 is 0.958 bits per heavy atom. The van der Waals surface area contributed by atoms with E-state index in [1.54, 1.807) is 25.4 Å². The molecule has 0 fully saturated rings. The van der Waals surface area contributed by atoms with Gasteiger partial charge in [0.05, 0.1) is 20.4 Å². The molecule has 24 heavy (non-hydrogen) atoms. The minimum atomic E-state index is 0.0693. The molecule has 0 spiro atoms. The Kier molecular flexibility index (Phi) is 4.16. The van der Waals surface area contributed by atoms with Crippen LogP contribution in [0.25, 0.3) is 22.5 Å². The maximum Gasteiger partial charge on any atom is 0.174 e. The molecule has 1 aromatic heterocycles. The van der Waals surface area contributed by atoms with E-state index in [2.05, 4.69) is 5.16 Å². The summed E-state index contributed by atoms with van der Waals surface area (Å²) in [6.45, 7) is 4.04. The molecule has 0 radical (unpaired) electrons. The second-order valence-electron chi connectivity index (χ2n) is 5.58. The van der Waals surface area contributed by atoms with Crippen LogP contribution in [0.3, 0.4) is 0 Å². The van der Waals surface area contributed by atoms with Crippen molar-refractivity contribution in [3.63, 3.8) is 0 Å². The number of aryl methyl sites for hydroxylation is 1. The second kappa shape index (κ2) is 6.28. The molecule has 0 unspecified atom stereocenters. The summed E-state index contributed by atoms with van der Waals surface area (Å²) in [5, 5.41) is 13.9. The van der Waals surface area contributed by atoms with Crippen molar-refractivity contribution in [1.82, 2.24) is 5.16 Å². The van der Waals surface area contributed by atoms with E-state index >= 15 is 0 Å². The van der Waals surface area contributed by atoms with E-state index in [0.29, 0.717) is 11.5 Å². The summed E-state index contributed by atoms with van der Waals surface area (Å²) in [6.07, 6.45) is 1.64. The minimum absolute atomic E-state index is 0.0693. The maximum atomic E-state index is 10.0. The number of phenols is 1. The number of rotatable bonds is 4. The number of methoxy groups -OCH3 is 2. The molecule has 124 valence electrons. The SMILES string of the molecule is COc1ccc(-c2cnoc2-c2cc(C)c(C)c(OC)c2)cc1O. The molecule has 1 heterocycles. The van der Waals surface area contributed by atoms with Gasteiger partial charge in [-0.3, -0.25) is 0 Å². The molecule has 2 aromatic carbocycles. The zero-order valence-electron chi connectivity index (χ0n) is 14.1. The molecule has 3 rings (SSSR count). The first-order valence-corrected chi connectivity index (χ1v) is 7.52. The zero-order valence-corrected chi connectivity index (χ0v) is 14.1. The fourth-order valence-corrected chi connectivity index (χ4v) is 2.68. The van der Waals surface area contributed by atoms with E-state index in [1.165, 1.54) is 7.11 Å². The molecule has 0 saturated heterocycles. The number of aromatic nitrogens is 1. The number of ether oxygens (including phenoxy) is 2. The maximum absolute atomic E-state index is 10.0. The molecule has 0 aliphatic rings. The first-order chi connectivity index (χ1) is 11.5. The lowest BCUT2D eigenvalue weighted by Crippen LogP contribution is -1.92. The summed E-state index contributed by atoms with van der Waals surface area (Å²) >= 11 is 0. The predicted octanol–water partition coefficient (Wildman–Crippen LogP) is 4.35. The first-order valence-electron chi connectivity index (χ1n) is 7.52. The van der Waals surface area contributed by atoms with Gasteiger partial charge >= 0.3 is 0 Å². The molecule has 3 aromatic rings. The van der Waals surface area contributed by atoms with Crippen molar-refractivity contribution in [2.75, 3.05) is 14.2 Å². The van der Waals surface area contributed by atoms with Crippen LogP contribution in [-0.2, 0) is 0 Å². The van der Waals surface area contributed by atoms with Gasteiger partial charge in [-0.05, 0) is 54.8 Å². The van der Waals surface area contributed by atoms with E-state index in [0.717, 1.165) is 33.6 Å². The Hall–Kier alpha value is -2.95. The fourth-order valence-electron chi connectivity index (χ4n) is 2.68. The lowest BCUT2D eigenvalue weighted by Gasteiger charge is -2.11. The van der Waals surface area contributed by atoms with E-state index in [-0.39, 0.29) is 5.75 Å². The third-order valence-corrected chi connectivity index (χ3v) is 4.16. The van der Waals surface area contributed by atoms with Crippen molar-refractivity contribution in [3.8, 4) is 39.7 Å². The van der Waals surface area contributed by atoms with Gasteiger partial charge in [-0.15, -0.1) is 0 Å². The summed E-state index contributed by atoms with van der Waals surface area (Å²) in [4.78, 5) is 0. The van der Waals surface area contributed by atoms with E-state index < -0.39 is 0 Å². The van der Waals surface area contributed by atoms with Crippen LogP contribution in [0.4, 0.5) is 0 Å². The minimum Gasteiger partial charge on any atom is -0.504 e. The number of hydrogen-bond donors (Lipinski definition) is 1. The first kappa shape index (κ1) is 15.9. The molecule has 0 aliphatic carbocycles. The summed E-state index contributed by atoms with van der Waals surface area (Å²) in [5.41, 5.74) is 4.64. The number of phenolic OH excluding ortho intramolecular Hbond substituents is 1. The highest BCUT2D eigenvalue weighted by molar-refractivity contribution is 5.81. The predicted molar refractivity (Wildman–Crippen MR) is 91.6 cm³/mol. The van der Waals surface area contributed by atoms with Crippen molar-refractivity contribution in [2.45, 2.75) is 13.8 Å². The van der Waals surface area contributed by atoms with Crippen LogP contribution in [0, 0.1) is 13.8 Å². The van der Waals surface area contributed by atoms with E-state index in [1.807, 2.05) is 32.0 Å². The largest absolute Gasteiger partial charge is 0.504 e. The monoisotopic (exact) mass is 325 g/mol. The molecule has 0 bridgehead atoms. The van der Waals surface area contributed by atoms with Gasteiger partial charge in [-0.1, -0.05) is 11.2 Å². The van der Waals surface area contributed by atoms with Gasteiger partial charge < -0.3 is 19.1 Å². The molecule has 0 saturated carbocycles. The molecular weight excluding hydrogens is 306 g/mol. The van der Waals surface area contributed by atoms with Crippen LogP contribution in [0.15, 0.2) is 41.1 Å². The second-order valence-corrected chi connectivity index (χ2v) is 5.58. The van der Waals surface area contributed by atoms with Crippen LogP contribution in [0.5, 0.6) is 17.2 Å². The molecule has 5 heteroatoms. The lowest BCUT2D eigenvalue weighted by atomic mass is 9.98. The van der Waals surface area contributed by atoms with Gasteiger partial charge in [0.1, 0.15) is 5.75 Å². The molecule has 0 amide bonds. The zero-order chi connectivity index (χ0) is 17.3. The van der Waals surface area contributed by atoms with Crippen molar-refractivity contribution >= 4 is 0 Å². The summed E-state index contributed by atoms with van der Waals surface area (Å²) < 4.78 is 16.0. The molecule has 0 aliphatic heterocycles. The number of hydrogen-bond acceptors (Lipinski definition) is 5. The highest BCUT2D eigenvalue weighted by Crippen LogP contribution is 2.38. The third kappa shape index (κ3) is 2.69. The Bertz CT molecular complexity index is 883. The van der Waals surface area contributed by atoms with Crippen molar-refractivity contribution in [2.24, 2.45) is 0 Å². The lowest BCUT2D eigenvalue weighted by molar-refractivity contribution is 0.373. The number of nitrogens with zero attached hydrogens (tertiary/aromatic N) is 1. The van der Waals surface area contributed by atoms with Crippen molar-refractivity contribution in [1.29, 1.82) is 0 Å². The Balaban J connectivity index is 2.12. The molecule has 1 N–H and O–H groups in total. The van der Waals surface area contributed by atoms with Gasteiger partial charge in [0, 0.05) is 11.1 Å². The van der Waals surface area contributed by atoms with Gasteiger partial charge in [0.15, 0.2) is 17.3 Å². The van der Waals surface area contributed by atoms with E-state index in [9.17, 15) is 5.11 Å². The van der Waals surface area contributed by atoms with Crippen LogP contribution in [0.2, 0.25) is 0 Å². The quantitative estimate of drug-likeness (QED) is 0.772. The molecule has 0 atom stereocenters. The van der Waals surface area contributed by atoms with Crippen molar-refractivity contribution < 1.29 is 19.1 Å². The van der Waals surface area contributed by atoms with Gasteiger partial charge in [-0.2, -0.15) is 0 Å².